The van der Waals surface area contributed by atoms with Gasteiger partial charge in [0, 0.05) is 24.4 Å². The molecule has 0 saturated carbocycles. The number of hydrogen-bond acceptors (Lipinski definition) is 4. The predicted molar refractivity (Wildman–Crippen MR) is 88.1 cm³/mol. The van der Waals surface area contributed by atoms with E-state index in [2.05, 4.69) is 25.7 Å². The van der Waals surface area contributed by atoms with Crippen molar-refractivity contribution in [3.8, 4) is 5.75 Å². The van der Waals surface area contributed by atoms with Gasteiger partial charge in [-0.05, 0) is 46.1 Å². The second kappa shape index (κ2) is 8.15. The van der Waals surface area contributed by atoms with E-state index in [1.54, 1.807) is 18.5 Å². The number of aromatic nitrogens is 1. The topological polar surface area (TPSA) is 48.4 Å². The number of nitrogens with zero attached hydrogens (tertiary/aromatic N) is 1. The van der Waals surface area contributed by atoms with Crippen LogP contribution >= 0.6 is 27.5 Å². The molecule has 2 rings (SSSR count). The van der Waals surface area contributed by atoms with Gasteiger partial charge in [0.25, 0.3) is 0 Å². The molecule has 1 heterocycles. The molecule has 0 N–H and O–H groups in total. The first-order valence-electron chi connectivity index (χ1n) is 6.66. The molecule has 116 valence electrons. The van der Waals surface area contributed by atoms with Gasteiger partial charge in [0.2, 0.25) is 0 Å². The minimum Gasteiger partial charge on any atom is -0.486 e. The van der Waals surface area contributed by atoms with Crippen molar-refractivity contribution in [2.75, 3.05) is 7.11 Å². The number of rotatable bonds is 6. The molecule has 0 atom stereocenters. The van der Waals surface area contributed by atoms with E-state index in [-0.39, 0.29) is 5.97 Å². The standard InChI is InChI=1S/C16H15BrClNO3/c1-21-15(20)5-4-11-7-13(17)16(14(18)8-11)22-10-12-3-2-6-19-9-12/h2-3,6-9H,4-5,10H2,1H3. The summed E-state index contributed by atoms with van der Waals surface area (Å²) in [4.78, 5) is 15.2. The number of pyridine rings is 1. The third-order valence-corrected chi connectivity index (χ3v) is 3.88. The Hall–Kier alpha value is -1.59. The smallest absolute Gasteiger partial charge is 0.305 e. The zero-order valence-corrected chi connectivity index (χ0v) is 14.4. The van der Waals surface area contributed by atoms with Crippen LogP contribution in [0.5, 0.6) is 5.75 Å². The van der Waals surface area contributed by atoms with Gasteiger partial charge >= 0.3 is 5.97 Å². The molecule has 22 heavy (non-hydrogen) atoms. The third-order valence-electron chi connectivity index (χ3n) is 3.01. The highest BCUT2D eigenvalue weighted by Crippen LogP contribution is 2.35. The molecule has 0 saturated heterocycles. The van der Waals surface area contributed by atoms with Gasteiger partial charge in [0.15, 0.2) is 5.75 Å². The summed E-state index contributed by atoms with van der Waals surface area (Å²) in [5.41, 5.74) is 1.90. The highest BCUT2D eigenvalue weighted by molar-refractivity contribution is 9.10. The number of carbonyl (C=O) groups excluding carboxylic acids is 1. The highest BCUT2D eigenvalue weighted by Gasteiger charge is 2.11. The van der Waals surface area contributed by atoms with Crippen LogP contribution in [0, 0.1) is 0 Å². The Morgan fingerprint density at radius 1 is 1.36 bits per heavy atom. The van der Waals surface area contributed by atoms with E-state index in [1.165, 1.54) is 7.11 Å². The van der Waals surface area contributed by atoms with Gasteiger partial charge in [0.05, 0.1) is 16.6 Å². The number of carbonyl (C=O) groups is 1. The SMILES string of the molecule is COC(=O)CCc1cc(Cl)c(OCc2cccnc2)c(Br)c1. The molecule has 0 aliphatic carbocycles. The van der Waals surface area contributed by atoms with Crippen LogP contribution in [0.2, 0.25) is 5.02 Å². The molecule has 1 aromatic carbocycles. The van der Waals surface area contributed by atoms with Crippen LogP contribution in [0.1, 0.15) is 17.5 Å². The summed E-state index contributed by atoms with van der Waals surface area (Å²) in [7, 11) is 1.38. The fourth-order valence-electron chi connectivity index (χ4n) is 1.88. The maximum absolute atomic E-state index is 11.2. The molecule has 0 amide bonds. The van der Waals surface area contributed by atoms with Crippen LogP contribution in [0.15, 0.2) is 41.1 Å². The van der Waals surface area contributed by atoms with Crippen molar-refractivity contribution in [1.82, 2.24) is 4.98 Å². The van der Waals surface area contributed by atoms with E-state index in [0.29, 0.717) is 30.2 Å². The molecule has 4 nitrogen and oxygen atoms in total. The summed E-state index contributed by atoms with van der Waals surface area (Å²) in [5.74, 6) is 0.330. The van der Waals surface area contributed by atoms with Crippen molar-refractivity contribution in [2.24, 2.45) is 0 Å². The van der Waals surface area contributed by atoms with E-state index in [1.807, 2.05) is 18.2 Å². The number of aryl methyl sites for hydroxylation is 1. The molecule has 0 aliphatic heterocycles. The Bertz CT molecular complexity index is 626. The lowest BCUT2D eigenvalue weighted by Crippen LogP contribution is -2.02. The van der Waals surface area contributed by atoms with E-state index < -0.39 is 0 Å². The number of hydrogen-bond donors (Lipinski definition) is 0. The van der Waals surface area contributed by atoms with Gasteiger partial charge in [-0.2, -0.15) is 0 Å². The molecular formula is C16H15BrClNO3. The van der Waals surface area contributed by atoms with E-state index in [0.717, 1.165) is 15.6 Å². The van der Waals surface area contributed by atoms with Crippen LogP contribution in [-0.2, 0) is 22.6 Å². The zero-order chi connectivity index (χ0) is 15.9. The lowest BCUT2D eigenvalue weighted by Gasteiger charge is -2.12. The Balaban J connectivity index is 2.05. The van der Waals surface area contributed by atoms with Crippen molar-refractivity contribution < 1.29 is 14.3 Å². The number of esters is 1. The molecule has 0 radical (unpaired) electrons. The van der Waals surface area contributed by atoms with Crippen molar-refractivity contribution in [2.45, 2.75) is 19.4 Å². The van der Waals surface area contributed by atoms with Crippen LogP contribution < -0.4 is 4.74 Å². The van der Waals surface area contributed by atoms with E-state index >= 15 is 0 Å². The Labute approximate surface area is 142 Å². The van der Waals surface area contributed by atoms with Crippen molar-refractivity contribution >= 4 is 33.5 Å². The normalized spacial score (nSPS) is 10.3. The maximum atomic E-state index is 11.2. The summed E-state index contributed by atoms with van der Waals surface area (Å²) in [6.07, 6.45) is 4.33. The van der Waals surface area contributed by atoms with Gasteiger partial charge < -0.3 is 9.47 Å². The monoisotopic (exact) mass is 383 g/mol. The average molecular weight is 385 g/mol. The predicted octanol–water partition coefficient (Wildman–Crippen LogP) is 4.18. The molecule has 0 spiro atoms. The number of ether oxygens (including phenoxy) is 2. The number of benzene rings is 1. The maximum Gasteiger partial charge on any atom is 0.305 e. The second-order valence-electron chi connectivity index (χ2n) is 4.61. The number of halogens is 2. The quantitative estimate of drug-likeness (QED) is 0.701. The van der Waals surface area contributed by atoms with Gasteiger partial charge in [-0.3, -0.25) is 9.78 Å². The summed E-state index contributed by atoms with van der Waals surface area (Å²) in [5, 5.41) is 0.498. The summed E-state index contributed by atoms with van der Waals surface area (Å²) in [6.45, 7) is 0.383. The zero-order valence-electron chi connectivity index (χ0n) is 12.0. The molecule has 0 bridgehead atoms. The molecular weight excluding hydrogens is 370 g/mol. The lowest BCUT2D eigenvalue weighted by atomic mass is 10.1. The average Bonchev–Trinajstić information content (AvgIpc) is 2.52. The first-order valence-corrected chi connectivity index (χ1v) is 7.83. The summed E-state index contributed by atoms with van der Waals surface area (Å²) < 4.78 is 11.1. The van der Waals surface area contributed by atoms with Crippen molar-refractivity contribution in [3.63, 3.8) is 0 Å². The minimum absolute atomic E-state index is 0.246. The van der Waals surface area contributed by atoms with Crippen LogP contribution in [-0.4, -0.2) is 18.1 Å². The largest absolute Gasteiger partial charge is 0.486 e. The first-order chi connectivity index (χ1) is 10.6. The fraction of sp³-hybridized carbons (Fsp3) is 0.250. The molecule has 0 unspecified atom stereocenters. The Morgan fingerprint density at radius 3 is 2.82 bits per heavy atom. The van der Waals surface area contributed by atoms with Crippen LogP contribution in [0.25, 0.3) is 0 Å². The van der Waals surface area contributed by atoms with Gasteiger partial charge in [0.1, 0.15) is 6.61 Å². The molecule has 1 aromatic heterocycles. The third kappa shape index (κ3) is 4.71. The van der Waals surface area contributed by atoms with Crippen LogP contribution in [0.4, 0.5) is 0 Å². The fourth-order valence-corrected chi connectivity index (χ4v) is 2.91. The highest BCUT2D eigenvalue weighted by atomic mass is 79.9. The number of methoxy groups -OCH3 is 1. The molecule has 0 fully saturated rings. The van der Waals surface area contributed by atoms with Gasteiger partial charge in [-0.25, -0.2) is 0 Å². The minimum atomic E-state index is -0.246. The van der Waals surface area contributed by atoms with E-state index in [9.17, 15) is 4.79 Å². The summed E-state index contributed by atoms with van der Waals surface area (Å²) >= 11 is 9.72. The van der Waals surface area contributed by atoms with Gasteiger partial charge in [-0.15, -0.1) is 0 Å². The molecule has 0 aliphatic rings. The molecule has 6 heteroatoms. The van der Waals surface area contributed by atoms with Crippen molar-refractivity contribution in [3.05, 3.63) is 57.3 Å². The van der Waals surface area contributed by atoms with E-state index in [4.69, 9.17) is 16.3 Å². The van der Waals surface area contributed by atoms with Gasteiger partial charge in [-0.1, -0.05) is 17.7 Å². The molecule has 2 aromatic rings. The lowest BCUT2D eigenvalue weighted by molar-refractivity contribution is -0.140. The van der Waals surface area contributed by atoms with Crippen molar-refractivity contribution in [1.29, 1.82) is 0 Å². The first kappa shape index (κ1) is 16.8. The van der Waals surface area contributed by atoms with Crippen LogP contribution in [0.3, 0.4) is 0 Å². The Kier molecular flexibility index (Phi) is 6.21. The summed E-state index contributed by atoms with van der Waals surface area (Å²) in [6, 6.07) is 7.48. The second-order valence-corrected chi connectivity index (χ2v) is 5.88. The Morgan fingerprint density at radius 2 is 2.18 bits per heavy atom.